The molecule has 112 valence electrons. The second kappa shape index (κ2) is 6.40. The lowest BCUT2D eigenvalue weighted by atomic mass is 10.2. The Kier molecular flexibility index (Phi) is 4.15. The van der Waals surface area contributed by atoms with Crippen molar-refractivity contribution in [1.82, 2.24) is 19.9 Å². The van der Waals surface area contributed by atoms with Crippen molar-refractivity contribution in [3.63, 3.8) is 0 Å². The first-order valence-corrected chi connectivity index (χ1v) is 7.15. The number of hydrogen-bond acceptors (Lipinski definition) is 5. The Hall–Kier alpha value is -2.67. The van der Waals surface area contributed by atoms with Crippen molar-refractivity contribution in [2.45, 2.75) is 6.54 Å². The fraction of sp³-hybridized carbons (Fsp3) is 0.133. The maximum absolute atomic E-state index is 5.39. The van der Waals surface area contributed by atoms with E-state index in [-0.39, 0.29) is 0 Å². The molecule has 0 aliphatic carbocycles. The smallest absolute Gasteiger partial charge is 0.214 e. The number of aromatic amines is 1. The number of para-hydroxylation sites is 1. The summed E-state index contributed by atoms with van der Waals surface area (Å²) in [5, 5.41) is 7.09. The Morgan fingerprint density at radius 1 is 1.23 bits per heavy atom. The molecule has 1 aromatic carbocycles. The van der Waals surface area contributed by atoms with Gasteiger partial charge in [0.2, 0.25) is 4.77 Å². The molecule has 3 rings (SSSR count). The van der Waals surface area contributed by atoms with Crippen molar-refractivity contribution >= 4 is 12.2 Å². The van der Waals surface area contributed by atoms with Crippen molar-refractivity contribution in [2.75, 3.05) is 12.5 Å². The molecule has 0 spiro atoms. The number of aromatic nitrogens is 4. The lowest BCUT2D eigenvalue weighted by Gasteiger charge is -2.11. The lowest BCUT2D eigenvalue weighted by Crippen LogP contribution is -2.16. The molecule has 0 unspecified atom stereocenters. The fourth-order valence-electron chi connectivity index (χ4n) is 2.12. The number of ether oxygens (including phenoxy) is 1. The van der Waals surface area contributed by atoms with Gasteiger partial charge in [-0.2, -0.15) is 5.10 Å². The van der Waals surface area contributed by atoms with Gasteiger partial charge in [-0.3, -0.25) is 4.98 Å². The average Bonchev–Trinajstić information content (AvgIpc) is 2.94. The number of hydrogen-bond donors (Lipinski definition) is 2. The number of rotatable bonds is 5. The van der Waals surface area contributed by atoms with Crippen molar-refractivity contribution in [2.24, 2.45) is 0 Å². The predicted octanol–water partition coefficient (Wildman–Crippen LogP) is 2.75. The molecule has 6 nitrogen and oxygen atoms in total. The minimum Gasteiger partial charge on any atom is -0.496 e. The molecule has 0 bridgehead atoms. The molecule has 0 amide bonds. The van der Waals surface area contributed by atoms with Crippen molar-refractivity contribution in [3.8, 4) is 17.1 Å². The number of methoxy groups -OCH3 is 1. The van der Waals surface area contributed by atoms with Gasteiger partial charge in [-0.1, -0.05) is 18.2 Å². The summed E-state index contributed by atoms with van der Waals surface area (Å²) in [6.07, 6.45) is 1.76. The topological polar surface area (TPSA) is 67.8 Å². The highest BCUT2D eigenvalue weighted by atomic mass is 32.1. The molecular formula is C15H15N5OS. The van der Waals surface area contributed by atoms with E-state index in [1.165, 1.54) is 0 Å². The van der Waals surface area contributed by atoms with Crippen LogP contribution in [-0.4, -0.2) is 27.0 Å². The van der Waals surface area contributed by atoms with Crippen LogP contribution in [0.15, 0.2) is 48.7 Å². The van der Waals surface area contributed by atoms with Gasteiger partial charge < -0.3 is 10.2 Å². The third kappa shape index (κ3) is 2.84. The number of H-pyrrole nitrogens is 1. The molecule has 0 aliphatic rings. The third-order valence-electron chi connectivity index (χ3n) is 3.16. The first kappa shape index (κ1) is 14.3. The first-order chi connectivity index (χ1) is 10.8. The van der Waals surface area contributed by atoms with Crippen LogP contribution >= 0.6 is 12.2 Å². The standard InChI is InChI=1S/C15H15N5OS/c1-21-13-8-3-2-7-12(13)14-18-19-15(22)20(14)17-10-11-6-4-5-9-16-11/h2-9,17H,10H2,1H3,(H,19,22). The largest absolute Gasteiger partial charge is 0.496 e. The monoisotopic (exact) mass is 313 g/mol. The summed E-state index contributed by atoms with van der Waals surface area (Å²) in [5.41, 5.74) is 4.99. The fourth-order valence-corrected chi connectivity index (χ4v) is 2.31. The maximum atomic E-state index is 5.39. The summed E-state index contributed by atoms with van der Waals surface area (Å²) in [6.45, 7) is 0.539. The van der Waals surface area contributed by atoms with Gasteiger partial charge in [0.05, 0.1) is 24.9 Å². The molecule has 0 aliphatic heterocycles. The zero-order valence-corrected chi connectivity index (χ0v) is 12.8. The normalized spacial score (nSPS) is 10.4. The van der Waals surface area contributed by atoms with E-state index in [1.54, 1.807) is 18.0 Å². The van der Waals surface area contributed by atoms with Crippen LogP contribution in [0.1, 0.15) is 5.69 Å². The minimum absolute atomic E-state index is 0.483. The SMILES string of the molecule is COc1ccccc1-c1n[nH]c(=S)n1NCc1ccccn1. The Balaban J connectivity index is 1.93. The molecule has 0 atom stereocenters. The van der Waals surface area contributed by atoms with Gasteiger partial charge >= 0.3 is 0 Å². The lowest BCUT2D eigenvalue weighted by molar-refractivity contribution is 0.416. The quantitative estimate of drug-likeness (QED) is 0.709. The van der Waals surface area contributed by atoms with E-state index in [0.29, 0.717) is 17.1 Å². The van der Waals surface area contributed by atoms with Crippen LogP contribution in [0.4, 0.5) is 0 Å². The van der Waals surface area contributed by atoms with Gasteiger partial charge in [-0.05, 0) is 36.5 Å². The van der Waals surface area contributed by atoms with E-state index in [4.69, 9.17) is 17.0 Å². The average molecular weight is 313 g/mol. The first-order valence-electron chi connectivity index (χ1n) is 6.74. The summed E-state index contributed by atoms with van der Waals surface area (Å²) in [6, 6.07) is 13.4. The highest BCUT2D eigenvalue weighted by molar-refractivity contribution is 7.71. The molecule has 0 saturated heterocycles. The van der Waals surface area contributed by atoms with Crippen molar-refractivity contribution < 1.29 is 4.74 Å². The molecule has 0 radical (unpaired) electrons. The second-order valence-corrected chi connectivity index (χ2v) is 4.93. The Morgan fingerprint density at radius 2 is 2.05 bits per heavy atom. The molecule has 3 aromatic rings. The van der Waals surface area contributed by atoms with E-state index in [0.717, 1.165) is 17.0 Å². The van der Waals surface area contributed by atoms with Gasteiger partial charge in [0.25, 0.3) is 0 Å². The van der Waals surface area contributed by atoms with Gasteiger partial charge in [-0.15, -0.1) is 0 Å². The van der Waals surface area contributed by atoms with E-state index < -0.39 is 0 Å². The van der Waals surface area contributed by atoms with E-state index in [1.807, 2.05) is 42.5 Å². The minimum atomic E-state index is 0.483. The van der Waals surface area contributed by atoms with E-state index in [2.05, 4.69) is 20.6 Å². The van der Waals surface area contributed by atoms with Crippen LogP contribution in [-0.2, 0) is 6.54 Å². The zero-order chi connectivity index (χ0) is 15.4. The van der Waals surface area contributed by atoms with Crippen LogP contribution in [0.3, 0.4) is 0 Å². The van der Waals surface area contributed by atoms with Crippen molar-refractivity contribution in [3.05, 3.63) is 59.1 Å². The summed E-state index contributed by atoms with van der Waals surface area (Å²) in [7, 11) is 1.63. The highest BCUT2D eigenvalue weighted by Gasteiger charge is 2.13. The summed E-state index contributed by atoms with van der Waals surface area (Å²) >= 11 is 5.29. The molecule has 2 aromatic heterocycles. The van der Waals surface area contributed by atoms with Crippen LogP contribution in [0.2, 0.25) is 0 Å². The molecule has 22 heavy (non-hydrogen) atoms. The molecule has 2 N–H and O–H groups in total. The van der Waals surface area contributed by atoms with Crippen LogP contribution in [0.25, 0.3) is 11.4 Å². The molecule has 7 heteroatoms. The number of benzene rings is 1. The molecular weight excluding hydrogens is 298 g/mol. The van der Waals surface area contributed by atoms with Crippen molar-refractivity contribution in [1.29, 1.82) is 0 Å². The third-order valence-corrected chi connectivity index (χ3v) is 3.44. The molecule has 0 fully saturated rings. The van der Waals surface area contributed by atoms with E-state index in [9.17, 15) is 0 Å². The van der Waals surface area contributed by atoms with Gasteiger partial charge in [0.15, 0.2) is 5.82 Å². The summed E-state index contributed by atoms with van der Waals surface area (Å²) < 4.78 is 7.59. The second-order valence-electron chi connectivity index (χ2n) is 4.54. The van der Waals surface area contributed by atoms with Gasteiger partial charge in [0.1, 0.15) is 5.75 Å². The van der Waals surface area contributed by atoms with Crippen LogP contribution in [0, 0.1) is 4.77 Å². The maximum Gasteiger partial charge on any atom is 0.214 e. The molecule has 0 saturated carbocycles. The Labute approximate surface area is 132 Å². The van der Waals surface area contributed by atoms with E-state index >= 15 is 0 Å². The number of pyridine rings is 1. The predicted molar refractivity (Wildman–Crippen MR) is 86.7 cm³/mol. The number of nitrogens with zero attached hydrogens (tertiary/aromatic N) is 3. The summed E-state index contributed by atoms with van der Waals surface area (Å²) in [4.78, 5) is 4.28. The van der Waals surface area contributed by atoms with Crippen LogP contribution in [0.5, 0.6) is 5.75 Å². The number of nitrogens with one attached hydrogen (secondary N) is 2. The van der Waals surface area contributed by atoms with Gasteiger partial charge in [-0.25, -0.2) is 9.77 Å². The highest BCUT2D eigenvalue weighted by Crippen LogP contribution is 2.27. The van der Waals surface area contributed by atoms with Gasteiger partial charge in [0, 0.05) is 6.20 Å². The Bertz CT molecular complexity index is 812. The Morgan fingerprint density at radius 3 is 2.82 bits per heavy atom. The zero-order valence-electron chi connectivity index (χ0n) is 12.0. The molecule has 2 heterocycles. The van der Waals surface area contributed by atoms with Crippen LogP contribution < -0.4 is 10.2 Å². The summed E-state index contributed by atoms with van der Waals surface area (Å²) in [5.74, 6) is 1.40.